The minimum absolute atomic E-state index is 0.0862. The zero-order valence-electron chi connectivity index (χ0n) is 10.3. The second-order valence-corrected chi connectivity index (χ2v) is 5.90. The van der Waals surface area contributed by atoms with Crippen molar-refractivity contribution < 1.29 is 4.39 Å². The first-order valence-corrected chi connectivity index (χ1v) is 7.41. The monoisotopic (exact) mass is 386 g/mol. The molecule has 0 fully saturated rings. The van der Waals surface area contributed by atoms with Gasteiger partial charge in [-0.3, -0.25) is 4.98 Å². The van der Waals surface area contributed by atoms with E-state index in [-0.39, 0.29) is 11.9 Å². The van der Waals surface area contributed by atoms with E-state index in [9.17, 15) is 4.39 Å². The molecule has 0 saturated carbocycles. The highest BCUT2D eigenvalue weighted by Gasteiger charge is 2.14. The van der Waals surface area contributed by atoms with Gasteiger partial charge in [-0.25, -0.2) is 4.39 Å². The Morgan fingerprint density at radius 2 is 2.11 bits per heavy atom. The number of rotatable bonds is 4. The maximum Gasteiger partial charge on any atom is 0.137 e. The molecule has 19 heavy (non-hydrogen) atoms. The lowest BCUT2D eigenvalue weighted by Gasteiger charge is -2.17. The van der Waals surface area contributed by atoms with Crippen molar-refractivity contribution in [1.82, 2.24) is 10.3 Å². The largest absolute Gasteiger partial charge is 0.313 e. The zero-order valence-corrected chi connectivity index (χ0v) is 13.5. The molecule has 0 saturated heterocycles. The van der Waals surface area contributed by atoms with Crippen LogP contribution in [0.2, 0.25) is 0 Å². The molecule has 5 heteroatoms. The first-order valence-electron chi connectivity index (χ1n) is 5.82. The van der Waals surface area contributed by atoms with Crippen LogP contribution >= 0.6 is 31.9 Å². The van der Waals surface area contributed by atoms with Gasteiger partial charge < -0.3 is 5.32 Å². The standard InChI is InChI=1S/C14H13Br2FN2/c1-18-13(10-5-11(15)8-19-7-10)6-9-3-2-4-12(17)14(9)16/h2-5,7-8,13,18H,6H2,1H3. The lowest BCUT2D eigenvalue weighted by molar-refractivity contribution is 0.578. The molecule has 0 aliphatic heterocycles. The minimum atomic E-state index is -0.236. The van der Waals surface area contributed by atoms with Gasteiger partial charge in [0, 0.05) is 22.9 Å². The van der Waals surface area contributed by atoms with Gasteiger partial charge in [0.25, 0.3) is 0 Å². The summed E-state index contributed by atoms with van der Waals surface area (Å²) in [4.78, 5) is 4.16. The fourth-order valence-corrected chi connectivity index (χ4v) is 2.74. The van der Waals surface area contributed by atoms with Crippen LogP contribution in [0.3, 0.4) is 0 Å². The summed E-state index contributed by atoms with van der Waals surface area (Å²) in [5, 5.41) is 3.24. The Hall–Kier alpha value is -0.780. The number of hydrogen-bond acceptors (Lipinski definition) is 2. The third kappa shape index (κ3) is 3.61. The molecule has 2 aromatic rings. The van der Waals surface area contributed by atoms with Crippen molar-refractivity contribution in [2.75, 3.05) is 7.05 Å². The summed E-state index contributed by atoms with van der Waals surface area (Å²) in [6.07, 6.45) is 4.25. The van der Waals surface area contributed by atoms with E-state index >= 15 is 0 Å². The second kappa shape index (κ2) is 6.59. The molecule has 2 nitrogen and oxygen atoms in total. The summed E-state index contributed by atoms with van der Waals surface area (Å²) in [6, 6.07) is 7.19. The summed E-state index contributed by atoms with van der Waals surface area (Å²) in [6.45, 7) is 0. The molecular weight excluding hydrogens is 375 g/mol. The fourth-order valence-electron chi connectivity index (χ4n) is 1.93. The van der Waals surface area contributed by atoms with E-state index in [1.54, 1.807) is 12.3 Å². The van der Waals surface area contributed by atoms with E-state index in [0.717, 1.165) is 15.6 Å². The summed E-state index contributed by atoms with van der Waals surface area (Å²) in [7, 11) is 1.89. The van der Waals surface area contributed by atoms with E-state index in [1.807, 2.05) is 25.4 Å². The molecule has 1 atom stereocenters. The summed E-state index contributed by atoms with van der Waals surface area (Å²) in [5.41, 5.74) is 1.99. The predicted octanol–water partition coefficient (Wildman–Crippen LogP) is 4.25. The molecule has 2 rings (SSSR count). The Bertz CT molecular complexity index is 575. The third-order valence-electron chi connectivity index (χ3n) is 2.93. The van der Waals surface area contributed by atoms with E-state index in [2.05, 4.69) is 42.2 Å². The van der Waals surface area contributed by atoms with Crippen LogP contribution in [-0.2, 0) is 6.42 Å². The molecule has 100 valence electrons. The van der Waals surface area contributed by atoms with Crippen LogP contribution in [0.4, 0.5) is 4.39 Å². The topological polar surface area (TPSA) is 24.9 Å². The predicted molar refractivity (Wildman–Crippen MR) is 81.5 cm³/mol. The third-order valence-corrected chi connectivity index (χ3v) is 4.25. The van der Waals surface area contributed by atoms with E-state index in [1.165, 1.54) is 6.07 Å². The van der Waals surface area contributed by atoms with Gasteiger partial charge in [-0.15, -0.1) is 0 Å². The normalized spacial score (nSPS) is 12.4. The second-order valence-electron chi connectivity index (χ2n) is 4.19. The summed E-state index contributed by atoms with van der Waals surface area (Å²) in [5.74, 6) is -0.236. The van der Waals surface area contributed by atoms with Crippen LogP contribution in [0.15, 0.2) is 45.6 Å². The van der Waals surface area contributed by atoms with Gasteiger partial charge in [0.15, 0.2) is 0 Å². The van der Waals surface area contributed by atoms with Crippen LogP contribution in [0, 0.1) is 5.82 Å². The fraction of sp³-hybridized carbons (Fsp3) is 0.214. The van der Waals surface area contributed by atoms with Gasteiger partial charge in [0.1, 0.15) is 5.82 Å². The van der Waals surface area contributed by atoms with Gasteiger partial charge in [-0.05, 0) is 68.6 Å². The molecule has 1 aromatic carbocycles. The molecule has 0 radical (unpaired) electrons. The molecule has 0 bridgehead atoms. The van der Waals surface area contributed by atoms with Crippen LogP contribution in [0.5, 0.6) is 0 Å². The zero-order chi connectivity index (χ0) is 13.8. The van der Waals surface area contributed by atoms with Crippen molar-refractivity contribution in [3.8, 4) is 0 Å². The molecular formula is C14H13Br2FN2. The number of hydrogen-bond donors (Lipinski definition) is 1. The number of benzene rings is 1. The Morgan fingerprint density at radius 1 is 1.32 bits per heavy atom. The molecule has 1 aromatic heterocycles. The van der Waals surface area contributed by atoms with E-state index in [4.69, 9.17) is 0 Å². The minimum Gasteiger partial charge on any atom is -0.313 e. The molecule has 1 N–H and O–H groups in total. The quantitative estimate of drug-likeness (QED) is 0.848. The number of halogens is 3. The Balaban J connectivity index is 2.26. The van der Waals surface area contributed by atoms with Crippen molar-refractivity contribution in [2.24, 2.45) is 0 Å². The Morgan fingerprint density at radius 3 is 2.79 bits per heavy atom. The average molecular weight is 388 g/mol. The molecule has 0 aliphatic rings. The van der Waals surface area contributed by atoms with Gasteiger partial charge in [-0.1, -0.05) is 12.1 Å². The van der Waals surface area contributed by atoms with E-state index < -0.39 is 0 Å². The number of nitrogens with one attached hydrogen (secondary N) is 1. The van der Waals surface area contributed by atoms with Crippen LogP contribution in [0.25, 0.3) is 0 Å². The SMILES string of the molecule is CNC(Cc1cccc(F)c1Br)c1cncc(Br)c1. The number of nitrogens with zero attached hydrogens (tertiary/aromatic N) is 1. The first kappa shape index (κ1) is 14.6. The van der Waals surface area contributed by atoms with Crippen LogP contribution in [0.1, 0.15) is 17.2 Å². The lowest BCUT2D eigenvalue weighted by Crippen LogP contribution is -2.19. The van der Waals surface area contributed by atoms with Crippen molar-refractivity contribution in [2.45, 2.75) is 12.5 Å². The van der Waals surface area contributed by atoms with Crippen molar-refractivity contribution in [3.05, 3.63) is 62.5 Å². The van der Waals surface area contributed by atoms with Gasteiger partial charge in [0.2, 0.25) is 0 Å². The average Bonchev–Trinajstić information content (AvgIpc) is 2.40. The summed E-state index contributed by atoms with van der Waals surface area (Å²) >= 11 is 6.71. The van der Waals surface area contributed by atoms with Crippen molar-refractivity contribution in [3.63, 3.8) is 0 Å². The smallest absolute Gasteiger partial charge is 0.137 e. The molecule has 1 heterocycles. The highest BCUT2D eigenvalue weighted by Crippen LogP contribution is 2.26. The molecule has 0 aliphatic carbocycles. The first-order chi connectivity index (χ1) is 9.11. The maximum atomic E-state index is 13.5. The van der Waals surface area contributed by atoms with Gasteiger partial charge >= 0.3 is 0 Å². The van der Waals surface area contributed by atoms with Crippen LogP contribution in [-0.4, -0.2) is 12.0 Å². The maximum absolute atomic E-state index is 13.5. The molecule has 0 amide bonds. The Kier molecular flexibility index (Phi) is 5.07. The number of aromatic nitrogens is 1. The van der Waals surface area contributed by atoms with Crippen molar-refractivity contribution >= 4 is 31.9 Å². The lowest BCUT2D eigenvalue weighted by atomic mass is 10.0. The van der Waals surface area contributed by atoms with E-state index in [0.29, 0.717) is 10.9 Å². The van der Waals surface area contributed by atoms with Crippen molar-refractivity contribution in [1.29, 1.82) is 0 Å². The number of pyridine rings is 1. The molecule has 1 unspecified atom stereocenters. The molecule has 0 spiro atoms. The highest BCUT2D eigenvalue weighted by atomic mass is 79.9. The van der Waals surface area contributed by atoms with Gasteiger partial charge in [-0.2, -0.15) is 0 Å². The van der Waals surface area contributed by atoms with Crippen LogP contribution < -0.4 is 5.32 Å². The van der Waals surface area contributed by atoms with Gasteiger partial charge in [0.05, 0.1) is 4.47 Å². The summed E-state index contributed by atoms with van der Waals surface area (Å²) < 4.78 is 15.0. The highest BCUT2D eigenvalue weighted by molar-refractivity contribution is 9.10. The number of likely N-dealkylation sites (N-methyl/N-ethyl adjacent to an activating group) is 1. The Labute approximate surface area is 128 Å².